The maximum atomic E-state index is 11.9. The van der Waals surface area contributed by atoms with Crippen LogP contribution in [-0.2, 0) is 4.74 Å². The molecule has 1 aliphatic carbocycles. The van der Waals surface area contributed by atoms with Crippen molar-refractivity contribution >= 4 is 0 Å². The highest BCUT2D eigenvalue weighted by atomic mass is 19.4. The third-order valence-electron chi connectivity index (χ3n) is 4.44. The van der Waals surface area contributed by atoms with Crippen molar-refractivity contribution in [1.29, 1.82) is 0 Å². The van der Waals surface area contributed by atoms with E-state index in [1.165, 1.54) is 0 Å². The fourth-order valence-electron chi connectivity index (χ4n) is 3.02. The Kier molecular flexibility index (Phi) is 5.90. The Labute approximate surface area is 120 Å². The lowest BCUT2D eigenvalue weighted by Crippen LogP contribution is -2.45. The molecule has 0 bridgehead atoms. The molecule has 1 saturated carbocycles. The molecule has 2 N–H and O–H groups in total. The first-order valence-corrected chi connectivity index (χ1v) is 7.45. The topological polar surface area (TPSA) is 35.2 Å². The first kappa shape index (κ1) is 17.8. The first-order chi connectivity index (χ1) is 9.02. The van der Waals surface area contributed by atoms with Gasteiger partial charge in [0.15, 0.2) is 0 Å². The van der Waals surface area contributed by atoms with Gasteiger partial charge in [0.25, 0.3) is 0 Å². The van der Waals surface area contributed by atoms with Crippen LogP contribution in [0.25, 0.3) is 0 Å². The predicted molar refractivity (Wildman–Crippen MR) is 74.4 cm³/mol. The third-order valence-corrected chi connectivity index (χ3v) is 4.44. The van der Waals surface area contributed by atoms with Crippen molar-refractivity contribution in [2.45, 2.75) is 71.0 Å². The Balaban J connectivity index is 2.22. The maximum absolute atomic E-state index is 11.9. The van der Waals surface area contributed by atoms with Crippen LogP contribution in [0.15, 0.2) is 0 Å². The van der Waals surface area contributed by atoms with Gasteiger partial charge in [-0.2, -0.15) is 13.2 Å². The highest BCUT2D eigenvalue weighted by Gasteiger charge is 2.35. The Hall–Kier alpha value is -0.290. The van der Waals surface area contributed by atoms with E-state index < -0.39 is 12.8 Å². The molecule has 2 nitrogen and oxygen atoms in total. The van der Waals surface area contributed by atoms with E-state index in [2.05, 4.69) is 25.5 Å². The van der Waals surface area contributed by atoms with Crippen LogP contribution in [-0.4, -0.2) is 24.9 Å². The van der Waals surface area contributed by atoms with Crippen LogP contribution in [0.1, 0.15) is 59.3 Å². The van der Waals surface area contributed by atoms with Gasteiger partial charge < -0.3 is 10.5 Å². The number of hydrogen-bond donors (Lipinski definition) is 1. The maximum Gasteiger partial charge on any atom is 0.411 e. The average Bonchev–Trinajstić information content (AvgIpc) is 2.26. The number of alkyl halides is 3. The number of halogens is 3. The van der Waals surface area contributed by atoms with Crippen molar-refractivity contribution in [3.05, 3.63) is 0 Å². The van der Waals surface area contributed by atoms with Gasteiger partial charge in [-0.15, -0.1) is 0 Å². The molecule has 0 saturated heterocycles. The number of hydrogen-bond acceptors (Lipinski definition) is 2. The van der Waals surface area contributed by atoms with Crippen LogP contribution in [0.4, 0.5) is 13.2 Å². The summed E-state index contributed by atoms with van der Waals surface area (Å²) in [5, 5.41) is 0. The standard InChI is InChI=1S/C15H28F3NO/c1-13(2,3)12-5-8-14(19,9-6-12)7-4-10-20-11-15(16,17)18/h12H,4-11,19H2,1-3H3. The van der Waals surface area contributed by atoms with Crippen molar-refractivity contribution in [1.82, 2.24) is 0 Å². The summed E-state index contributed by atoms with van der Waals surface area (Å²) in [5.74, 6) is 0.695. The molecular weight excluding hydrogens is 267 g/mol. The van der Waals surface area contributed by atoms with E-state index in [9.17, 15) is 13.2 Å². The molecule has 120 valence electrons. The monoisotopic (exact) mass is 295 g/mol. The van der Waals surface area contributed by atoms with Gasteiger partial charge in [0.1, 0.15) is 6.61 Å². The van der Waals surface area contributed by atoms with Crippen LogP contribution < -0.4 is 5.73 Å². The summed E-state index contributed by atoms with van der Waals surface area (Å²) >= 11 is 0. The molecule has 5 heteroatoms. The van der Waals surface area contributed by atoms with Crippen LogP contribution in [0.3, 0.4) is 0 Å². The largest absolute Gasteiger partial charge is 0.411 e. The van der Waals surface area contributed by atoms with E-state index >= 15 is 0 Å². The molecule has 0 spiro atoms. The molecule has 0 aromatic heterocycles. The fraction of sp³-hybridized carbons (Fsp3) is 1.00. The van der Waals surface area contributed by atoms with Crippen molar-refractivity contribution < 1.29 is 17.9 Å². The quantitative estimate of drug-likeness (QED) is 0.768. The fourth-order valence-corrected chi connectivity index (χ4v) is 3.02. The number of nitrogens with two attached hydrogens (primary N) is 1. The van der Waals surface area contributed by atoms with Gasteiger partial charge in [-0.3, -0.25) is 0 Å². The van der Waals surface area contributed by atoms with Crippen molar-refractivity contribution in [2.24, 2.45) is 17.1 Å². The molecule has 20 heavy (non-hydrogen) atoms. The van der Waals surface area contributed by atoms with E-state index in [0.717, 1.165) is 32.1 Å². The van der Waals surface area contributed by atoms with Crippen LogP contribution in [0.2, 0.25) is 0 Å². The van der Waals surface area contributed by atoms with Crippen LogP contribution >= 0.6 is 0 Å². The summed E-state index contributed by atoms with van der Waals surface area (Å²) in [4.78, 5) is 0. The normalized spacial score (nSPS) is 28.6. The lowest BCUT2D eigenvalue weighted by Gasteiger charge is -2.42. The van der Waals surface area contributed by atoms with Gasteiger partial charge in [-0.05, 0) is 49.9 Å². The molecule has 1 fully saturated rings. The lowest BCUT2D eigenvalue weighted by molar-refractivity contribution is -0.174. The summed E-state index contributed by atoms with van der Waals surface area (Å²) in [6.07, 6.45) is 1.29. The zero-order chi connectivity index (χ0) is 15.4. The molecule has 0 amide bonds. The van der Waals surface area contributed by atoms with E-state index in [-0.39, 0.29) is 12.1 Å². The third kappa shape index (κ3) is 6.44. The summed E-state index contributed by atoms with van der Waals surface area (Å²) in [6.45, 7) is 5.75. The molecule has 0 aromatic rings. The Morgan fingerprint density at radius 2 is 1.70 bits per heavy atom. The van der Waals surface area contributed by atoms with Crippen LogP contribution in [0.5, 0.6) is 0 Å². The van der Waals surface area contributed by atoms with Crippen molar-refractivity contribution in [2.75, 3.05) is 13.2 Å². The smallest absolute Gasteiger partial charge is 0.372 e. The molecule has 0 aliphatic heterocycles. The van der Waals surface area contributed by atoms with Gasteiger partial charge >= 0.3 is 6.18 Å². The number of ether oxygens (including phenoxy) is 1. The highest BCUT2D eigenvalue weighted by Crippen LogP contribution is 2.41. The SMILES string of the molecule is CC(C)(C)C1CCC(N)(CCCOCC(F)(F)F)CC1. The molecular formula is C15H28F3NO. The van der Waals surface area contributed by atoms with E-state index in [1.54, 1.807) is 0 Å². The zero-order valence-corrected chi connectivity index (χ0v) is 12.9. The van der Waals surface area contributed by atoms with Crippen molar-refractivity contribution in [3.63, 3.8) is 0 Å². The second kappa shape index (κ2) is 6.65. The van der Waals surface area contributed by atoms with Crippen molar-refractivity contribution in [3.8, 4) is 0 Å². The Morgan fingerprint density at radius 1 is 1.15 bits per heavy atom. The minimum absolute atomic E-state index is 0.140. The van der Waals surface area contributed by atoms with Crippen LogP contribution in [0, 0.1) is 11.3 Å². The molecule has 0 atom stereocenters. The first-order valence-electron chi connectivity index (χ1n) is 7.45. The van der Waals surface area contributed by atoms with Gasteiger partial charge in [0, 0.05) is 12.1 Å². The minimum atomic E-state index is -4.23. The Bertz CT molecular complexity index is 288. The molecule has 0 radical (unpaired) electrons. The zero-order valence-electron chi connectivity index (χ0n) is 12.9. The van der Waals surface area contributed by atoms with Gasteiger partial charge in [0.05, 0.1) is 0 Å². The minimum Gasteiger partial charge on any atom is -0.372 e. The second-order valence-electron chi connectivity index (χ2n) is 7.27. The predicted octanol–water partition coefficient (Wildman–Crippen LogP) is 4.28. The highest BCUT2D eigenvalue weighted by molar-refractivity contribution is 4.92. The summed E-state index contributed by atoms with van der Waals surface area (Å²) < 4.78 is 40.4. The number of rotatable bonds is 5. The molecule has 1 aliphatic rings. The van der Waals surface area contributed by atoms with Gasteiger partial charge in [-0.1, -0.05) is 20.8 Å². The lowest BCUT2D eigenvalue weighted by atomic mass is 9.66. The summed E-state index contributed by atoms with van der Waals surface area (Å²) in [5.41, 5.74) is 6.47. The van der Waals surface area contributed by atoms with E-state index in [4.69, 9.17) is 5.73 Å². The average molecular weight is 295 g/mol. The summed E-state index contributed by atoms with van der Waals surface area (Å²) in [7, 11) is 0. The summed E-state index contributed by atoms with van der Waals surface area (Å²) in [6, 6.07) is 0. The van der Waals surface area contributed by atoms with Gasteiger partial charge in [-0.25, -0.2) is 0 Å². The Morgan fingerprint density at radius 3 is 2.15 bits per heavy atom. The molecule has 0 aromatic carbocycles. The molecule has 0 heterocycles. The van der Waals surface area contributed by atoms with E-state index in [0.29, 0.717) is 17.8 Å². The molecule has 1 rings (SSSR count). The second-order valence-corrected chi connectivity index (χ2v) is 7.27. The van der Waals surface area contributed by atoms with E-state index in [1.807, 2.05) is 0 Å². The van der Waals surface area contributed by atoms with Gasteiger partial charge in [0.2, 0.25) is 0 Å². The molecule has 0 unspecified atom stereocenters.